The lowest BCUT2D eigenvalue weighted by atomic mass is 9.77. The van der Waals surface area contributed by atoms with Crippen LogP contribution < -0.4 is 0 Å². The van der Waals surface area contributed by atoms with Crippen LogP contribution >= 0.6 is 0 Å². The fourth-order valence-corrected chi connectivity index (χ4v) is 4.10. The maximum absolute atomic E-state index is 12.5. The van der Waals surface area contributed by atoms with Crippen LogP contribution in [0.25, 0.3) is 0 Å². The Morgan fingerprint density at radius 1 is 0.955 bits per heavy atom. The molecule has 0 aromatic rings. The molecule has 0 heterocycles. The van der Waals surface area contributed by atoms with Gasteiger partial charge >= 0.3 is 0 Å². The summed E-state index contributed by atoms with van der Waals surface area (Å²) < 4.78 is 11.2. The van der Waals surface area contributed by atoms with Crippen LogP contribution in [0.5, 0.6) is 0 Å². The molecule has 0 radical (unpaired) electrons. The Labute approximate surface area is 133 Å². The molecule has 0 amide bonds. The van der Waals surface area contributed by atoms with Gasteiger partial charge in [0.1, 0.15) is 12.4 Å². The number of methoxy groups -OCH3 is 1. The molecule has 4 unspecified atom stereocenters. The molecule has 0 aromatic heterocycles. The van der Waals surface area contributed by atoms with Gasteiger partial charge in [0.2, 0.25) is 0 Å². The summed E-state index contributed by atoms with van der Waals surface area (Å²) in [4.78, 5) is 24.2. The molecule has 2 aliphatic rings. The van der Waals surface area contributed by atoms with Gasteiger partial charge in [0, 0.05) is 25.6 Å². The van der Waals surface area contributed by atoms with E-state index in [-0.39, 0.29) is 36.1 Å². The fourth-order valence-electron chi connectivity index (χ4n) is 4.10. The van der Waals surface area contributed by atoms with Crippen molar-refractivity contribution in [3.63, 3.8) is 0 Å². The second-order valence-corrected chi connectivity index (χ2v) is 6.92. The zero-order chi connectivity index (χ0) is 15.9. The molecule has 0 aliphatic heterocycles. The van der Waals surface area contributed by atoms with Crippen molar-refractivity contribution in [1.29, 1.82) is 0 Å². The quantitative estimate of drug-likeness (QED) is 0.725. The van der Waals surface area contributed by atoms with Crippen LogP contribution in [0.4, 0.5) is 0 Å². The van der Waals surface area contributed by atoms with Gasteiger partial charge in [0.15, 0.2) is 5.78 Å². The molecule has 4 nitrogen and oxygen atoms in total. The molecule has 4 atom stereocenters. The van der Waals surface area contributed by atoms with Crippen LogP contribution in [-0.2, 0) is 19.1 Å². The average Bonchev–Trinajstić information content (AvgIpc) is 2.53. The van der Waals surface area contributed by atoms with Crippen LogP contribution in [0.15, 0.2) is 0 Å². The van der Waals surface area contributed by atoms with Crippen LogP contribution in [0.1, 0.15) is 58.3 Å². The monoisotopic (exact) mass is 310 g/mol. The van der Waals surface area contributed by atoms with Crippen molar-refractivity contribution in [2.75, 3.05) is 20.3 Å². The summed E-state index contributed by atoms with van der Waals surface area (Å²) in [6.07, 6.45) is 8.28. The summed E-state index contributed by atoms with van der Waals surface area (Å²) >= 11 is 0. The van der Waals surface area contributed by atoms with E-state index in [0.717, 1.165) is 44.9 Å². The highest BCUT2D eigenvalue weighted by atomic mass is 16.5. The minimum atomic E-state index is -0.0559. The topological polar surface area (TPSA) is 52.6 Å². The summed E-state index contributed by atoms with van der Waals surface area (Å²) in [6, 6.07) is 0. The van der Waals surface area contributed by atoms with E-state index < -0.39 is 0 Å². The van der Waals surface area contributed by atoms with Gasteiger partial charge in [-0.3, -0.25) is 9.59 Å². The van der Waals surface area contributed by atoms with E-state index in [1.54, 1.807) is 14.0 Å². The highest BCUT2D eigenvalue weighted by Crippen LogP contribution is 2.32. The maximum atomic E-state index is 12.5. The van der Waals surface area contributed by atoms with E-state index in [0.29, 0.717) is 12.5 Å². The second-order valence-electron chi connectivity index (χ2n) is 6.92. The summed E-state index contributed by atoms with van der Waals surface area (Å²) in [5.74, 6) is 0.808. The van der Waals surface area contributed by atoms with Gasteiger partial charge in [-0.05, 0) is 38.5 Å². The van der Waals surface area contributed by atoms with Crippen LogP contribution in [0.3, 0.4) is 0 Å². The molecule has 2 aliphatic carbocycles. The normalized spacial score (nSPS) is 32.6. The summed E-state index contributed by atoms with van der Waals surface area (Å²) in [7, 11) is 1.70. The lowest BCUT2D eigenvalue weighted by molar-refractivity contribution is -0.139. The van der Waals surface area contributed by atoms with E-state index in [2.05, 4.69) is 0 Å². The Bertz CT molecular complexity index is 377. The number of Topliss-reactive ketones (excluding diaryl/α,β-unsaturated/α-hetero) is 2. The van der Waals surface area contributed by atoms with Gasteiger partial charge < -0.3 is 9.47 Å². The summed E-state index contributed by atoms with van der Waals surface area (Å²) in [5, 5.41) is 0. The zero-order valence-electron chi connectivity index (χ0n) is 14.0. The number of hydrogen-bond donors (Lipinski definition) is 0. The molecule has 0 N–H and O–H groups in total. The SMILES string of the molecule is COCC1CCCCC1C(=O)COC1CCCCC1C(C)=O. The highest BCUT2D eigenvalue weighted by Gasteiger charge is 2.33. The van der Waals surface area contributed by atoms with Crippen molar-refractivity contribution in [3.8, 4) is 0 Å². The standard InChI is InChI=1S/C18H30O4/c1-13(19)15-8-5-6-10-18(15)22-12-17(20)16-9-4-3-7-14(16)11-21-2/h14-16,18H,3-12H2,1-2H3. The predicted molar refractivity (Wildman–Crippen MR) is 84.7 cm³/mol. The number of ketones is 2. The second kappa shape index (κ2) is 8.78. The number of rotatable bonds is 7. The average molecular weight is 310 g/mol. The van der Waals surface area contributed by atoms with E-state index >= 15 is 0 Å². The Hall–Kier alpha value is -0.740. The fraction of sp³-hybridized carbons (Fsp3) is 0.889. The van der Waals surface area contributed by atoms with Gasteiger partial charge in [-0.1, -0.05) is 25.7 Å². The van der Waals surface area contributed by atoms with Gasteiger partial charge in [0.25, 0.3) is 0 Å². The lowest BCUT2D eigenvalue weighted by Gasteiger charge is -2.32. The first kappa shape index (κ1) is 17.6. The van der Waals surface area contributed by atoms with E-state index in [1.165, 1.54) is 6.42 Å². The number of carbonyl (C=O) groups excluding carboxylic acids is 2. The Morgan fingerprint density at radius 2 is 1.59 bits per heavy atom. The summed E-state index contributed by atoms with van der Waals surface area (Å²) in [5.41, 5.74) is 0. The molecule has 2 rings (SSSR count). The number of ether oxygens (including phenoxy) is 2. The molecule has 2 fully saturated rings. The van der Waals surface area contributed by atoms with Gasteiger partial charge in [-0.15, -0.1) is 0 Å². The predicted octanol–water partition coefficient (Wildman–Crippen LogP) is 3.17. The molecule has 0 spiro atoms. The van der Waals surface area contributed by atoms with Crippen LogP contribution in [0.2, 0.25) is 0 Å². The number of hydrogen-bond acceptors (Lipinski definition) is 4. The zero-order valence-corrected chi connectivity index (χ0v) is 14.0. The smallest absolute Gasteiger partial charge is 0.161 e. The largest absolute Gasteiger partial charge is 0.384 e. The Kier molecular flexibility index (Phi) is 7.03. The molecule has 22 heavy (non-hydrogen) atoms. The first-order chi connectivity index (χ1) is 10.6. The van der Waals surface area contributed by atoms with Crippen LogP contribution in [0, 0.1) is 17.8 Å². The molecule has 0 bridgehead atoms. The van der Waals surface area contributed by atoms with Crippen molar-refractivity contribution in [3.05, 3.63) is 0 Å². The first-order valence-electron chi connectivity index (χ1n) is 8.77. The highest BCUT2D eigenvalue weighted by molar-refractivity contribution is 5.83. The lowest BCUT2D eigenvalue weighted by Crippen LogP contribution is -2.37. The van der Waals surface area contributed by atoms with E-state index in [4.69, 9.17) is 9.47 Å². The minimum Gasteiger partial charge on any atom is -0.384 e. The minimum absolute atomic E-state index is 0.0114. The van der Waals surface area contributed by atoms with Crippen molar-refractivity contribution in [1.82, 2.24) is 0 Å². The van der Waals surface area contributed by atoms with Gasteiger partial charge in [-0.25, -0.2) is 0 Å². The van der Waals surface area contributed by atoms with Crippen molar-refractivity contribution in [2.45, 2.75) is 64.4 Å². The molecular weight excluding hydrogens is 280 g/mol. The third-order valence-corrected chi connectivity index (χ3v) is 5.37. The Balaban J connectivity index is 1.86. The van der Waals surface area contributed by atoms with Gasteiger partial charge in [-0.2, -0.15) is 0 Å². The third-order valence-electron chi connectivity index (χ3n) is 5.37. The molecule has 4 heteroatoms. The van der Waals surface area contributed by atoms with Crippen LogP contribution in [-0.4, -0.2) is 38.0 Å². The molecule has 0 aromatic carbocycles. The van der Waals surface area contributed by atoms with E-state index in [1.807, 2.05) is 0 Å². The van der Waals surface area contributed by atoms with Crippen molar-refractivity contribution < 1.29 is 19.1 Å². The molecule has 0 saturated heterocycles. The molecule has 126 valence electrons. The first-order valence-corrected chi connectivity index (χ1v) is 8.77. The molecular formula is C18H30O4. The summed E-state index contributed by atoms with van der Waals surface area (Å²) in [6.45, 7) is 2.47. The van der Waals surface area contributed by atoms with Gasteiger partial charge in [0.05, 0.1) is 6.10 Å². The van der Waals surface area contributed by atoms with Crippen molar-refractivity contribution >= 4 is 11.6 Å². The maximum Gasteiger partial charge on any atom is 0.161 e. The van der Waals surface area contributed by atoms with Crippen molar-refractivity contribution in [2.24, 2.45) is 17.8 Å². The number of carbonyl (C=O) groups is 2. The third kappa shape index (κ3) is 4.63. The Morgan fingerprint density at radius 3 is 2.27 bits per heavy atom. The molecule has 2 saturated carbocycles. The van der Waals surface area contributed by atoms with E-state index in [9.17, 15) is 9.59 Å².